The summed E-state index contributed by atoms with van der Waals surface area (Å²) < 4.78 is 14.2. The van der Waals surface area contributed by atoms with E-state index in [2.05, 4.69) is 15.3 Å². The predicted molar refractivity (Wildman–Crippen MR) is 99.7 cm³/mol. The van der Waals surface area contributed by atoms with Gasteiger partial charge in [-0.3, -0.25) is 0 Å². The number of halogens is 2. The smallest absolute Gasteiger partial charge is 0.164 e. The molecule has 4 rings (SSSR count). The van der Waals surface area contributed by atoms with Gasteiger partial charge in [-0.25, -0.2) is 14.4 Å². The molecule has 5 heteroatoms. The molecule has 0 fully saturated rings. The molecule has 3 aromatic carbocycles. The summed E-state index contributed by atoms with van der Waals surface area (Å²) in [5.74, 6) is 0.345. The molecule has 3 nitrogen and oxygen atoms in total. The van der Waals surface area contributed by atoms with E-state index in [0.29, 0.717) is 5.82 Å². The molecule has 0 aliphatic rings. The van der Waals surface area contributed by atoms with Crippen LogP contribution in [0.15, 0.2) is 72.9 Å². The van der Waals surface area contributed by atoms with Gasteiger partial charge in [-0.05, 0) is 29.7 Å². The molecule has 122 valence electrons. The topological polar surface area (TPSA) is 37.8 Å². The van der Waals surface area contributed by atoms with Crippen LogP contribution >= 0.6 is 11.6 Å². The molecular weight excluding hydrogens is 337 g/mol. The first kappa shape index (κ1) is 15.5. The SMILES string of the molecule is Fc1c(Cl)cccc1-c1nccc(Nc2cccc3ccccc23)n1. The number of benzene rings is 3. The lowest BCUT2D eigenvalue weighted by Crippen LogP contribution is -1.98. The third kappa shape index (κ3) is 3.04. The minimum atomic E-state index is -0.522. The first-order valence-corrected chi connectivity index (χ1v) is 8.12. The van der Waals surface area contributed by atoms with E-state index in [1.165, 1.54) is 6.07 Å². The molecule has 0 saturated carbocycles. The van der Waals surface area contributed by atoms with E-state index in [4.69, 9.17) is 11.6 Å². The Bertz CT molecular complexity index is 1060. The average Bonchev–Trinajstić information content (AvgIpc) is 2.65. The van der Waals surface area contributed by atoms with Crippen molar-refractivity contribution in [2.24, 2.45) is 0 Å². The Balaban J connectivity index is 1.74. The van der Waals surface area contributed by atoms with Gasteiger partial charge in [0.25, 0.3) is 0 Å². The van der Waals surface area contributed by atoms with Crippen LogP contribution < -0.4 is 5.32 Å². The number of aromatic nitrogens is 2. The third-order valence-electron chi connectivity index (χ3n) is 3.90. The van der Waals surface area contributed by atoms with Crippen LogP contribution in [0.5, 0.6) is 0 Å². The number of fused-ring (bicyclic) bond motifs is 1. The lowest BCUT2D eigenvalue weighted by atomic mass is 10.1. The zero-order valence-corrected chi connectivity index (χ0v) is 13.8. The van der Waals surface area contributed by atoms with Gasteiger partial charge in [0.15, 0.2) is 11.6 Å². The number of hydrogen-bond acceptors (Lipinski definition) is 3. The van der Waals surface area contributed by atoms with Gasteiger partial charge in [-0.15, -0.1) is 0 Å². The Labute approximate surface area is 149 Å². The predicted octanol–water partition coefficient (Wildman–Crippen LogP) is 5.83. The van der Waals surface area contributed by atoms with Crippen LogP contribution in [0.1, 0.15) is 0 Å². The van der Waals surface area contributed by atoms with Gasteiger partial charge in [-0.2, -0.15) is 0 Å². The standard InChI is InChI=1S/C20H13ClFN3/c21-16-9-4-8-15(19(16)22)20-23-12-11-18(25-20)24-17-10-3-6-13-5-1-2-7-14(13)17/h1-12H,(H,23,24,25). The van der Waals surface area contributed by atoms with Crippen LogP contribution in [0.3, 0.4) is 0 Å². The highest BCUT2D eigenvalue weighted by Crippen LogP contribution is 2.28. The van der Waals surface area contributed by atoms with Crippen LogP contribution in [0.25, 0.3) is 22.2 Å². The minimum Gasteiger partial charge on any atom is -0.340 e. The number of nitrogens with one attached hydrogen (secondary N) is 1. The monoisotopic (exact) mass is 349 g/mol. The second kappa shape index (κ2) is 6.49. The Morgan fingerprint density at radius 2 is 1.68 bits per heavy atom. The maximum Gasteiger partial charge on any atom is 0.164 e. The van der Waals surface area contributed by atoms with E-state index in [9.17, 15) is 4.39 Å². The molecule has 0 unspecified atom stereocenters. The number of hydrogen-bond donors (Lipinski definition) is 1. The Kier molecular flexibility index (Phi) is 4.04. The molecule has 0 bridgehead atoms. The fraction of sp³-hybridized carbons (Fsp3) is 0. The number of anilines is 2. The van der Waals surface area contributed by atoms with Crippen LogP contribution in [-0.2, 0) is 0 Å². The molecule has 1 heterocycles. The van der Waals surface area contributed by atoms with Gasteiger partial charge in [0.2, 0.25) is 0 Å². The molecule has 0 spiro atoms. The molecule has 0 radical (unpaired) electrons. The van der Waals surface area contributed by atoms with Crippen molar-refractivity contribution < 1.29 is 4.39 Å². The fourth-order valence-electron chi connectivity index (χ4n) is 2.71. The average molecular weight is 350 g/mol. The summed E-state index contributed by atoms with van der Waals surface area (Å²) in [4.78, 5) is 8.59. The molecule has 1 N–H and O–H groups in total. The molecule has 0 amide bonds. The van der Waals surface area contributed by atoms with Crippen molar-refractivity contribution in [2.45, 2.75) is 0 Å². The first-order valence-electron chi connectivity index (χ1n) is 7.74. The highest BCUT2D eigenvalue weighted by Gasteiger charge is 2.12. The quantitative estimate of drug-likeness (QED) is 0.505. The van der Waals surface area contributed by atoms with Gasteiger partial charge >= 0.3 is 0 Å². The minimum absolute atomic E-state index is 0.0496. The Hall–Kier alpha value is -2.98. The van der Waals surface area contributed by atoms with E-state index >= 15 is 0 Å². The van der Waals surface area contributed by atoms with E-state index in [-0.39, 0.29) is 16.4 Å². The van der Waals surface area contributed by atoms with E-state index < -0.39 is 5.82 Å². The van der Waals surface area contributed by atoms with Crippen LogP contribution in [0.4, 0.5) is 15.9 Å². The maximum atomic E-state index is 14.2. The Morgan fingerprint density at radius 3 is 2.60 bits per heavy atom. The summed E-state index contributed by atoms with van der Waals surface area (Å²) in [6.07, 6.45) is 1.59. The molecule has 4 aromatic rings. The molecular formula is C20H13ClFN3. The largest absolute Gasteiger partial charge is 0.340 e. The molecule has 25 heavy (non-hydrogen) atoms. The second-order valence-corrected chi connectivity index (χ2v) is 5.93. The van der Waals surface area contributed by atoms with Crippen molar-refractivity contribution in [2.75, 3.05) is 5.32 Å². The van der Waals surface area contributed by atoms with E-state index in [0.717, 1.165) is 16.5 Å². The normalized spacial score (nSPS) is 10.8. The molecule has 0 atom stereocenters. The Morgan fingerprint density at radius 1 is 0.880 bits per heavy atom. The molecule has 1 aromatic heterocycles. The van der Waals surface area contributed by atoms with Crippen LogP contribution in [-0.4, -0.2) is 9.97 Å². The van der Waals surface area contributed by atoms with Crippen molar-refractivity contribution in [3.05, 3.63) is 83.8 Å². The summed E-state index contributed by atoms with van der Waals surface area (Å²) in [7, 11) is 0. The van der Waals surface area contributed by atoms with Crippen molar-refractivity contribution in [3.8, 4) is 11.4 Å². The van der Waals surface area contributed by atoms with Gasteiger partial charge in [0.1, 0.15) is 5.82 Å². The van der Waals surface area contributed by atoms with Crippen molar-refractivity contribution >= 4 is 33.9 Å². The number of nitrogens with zero attached hydrogens (tertiary/aromatic N) is 2. The summed E-state index contributed by atoms with van der Waals surface area (Å²) in [5.41, 5.74) is 1.20. The van der Waals surface area contributed by atoms with Crippen molar-refractivity contribution in [1.82, 2.24) is 9.97 Å². The zero-order valence-electron chi connectivity index (χ0n) is 13.1. The third-order valence-corrected chi connectivity index (χ3v) is 4.19. The molecule has 0 aliphatic carbocycles. The number of rotatable bonds is 3. The van der Waals surface area contributed by atoms with Gasteiger partial charge in [-0.1, -0.05) is 54.1 Å². The van der Waals surface area contributed by atoms with Crippen LogP contribution in [0.2, 0.25) is 5.02 Å². The molecule has 0 aliphatic heterocycles. The van der Waals surface area contributed by atoms with E-state index in [1.807, 2.05) is 42.5 Å². The van der Waals surface area contributed by atoms with Crippen LogP contribution in [0, 0.1) is 5.82 Å². The highest BCUT2D eigenvalue weighted by atomic mass is 35.5. The van der Waals surface area contributed by atoms with Gasteiger partial charge in [0.05, 0.1) is 10.6 Å². The lowest BCUT2D eigenvalue weighted by Gasteiger charge is -2.10. The summed E-state index contributed by atoms with van der Waals surface area (Å²) in [6.45, 7) is 0. The van der Waals surface area contributed by atoms with Crippen molar-refractivity contribution in [3.63, 3.8) is 0 Å². The lowest BCUT2D eigenvalue weighted by molar-refractivity contribution is 0.630. The fourth-order valence-corrected chi connectivity index (χ4v) is 2.88. The summed E-state index contributed by atoms with van der Waals surface area (Å²) in [5, 5.41) is 5.54. The summed E-state index contributed by atoms with van der Waals surface area (Å²) in [6, 6.07) is 20.6. The summed E-state index contributed by atoms with van der Waals surface area (Å²) >= 11 is 5.85. The van der Waals surface area contributed by atoms with Gasteiger partial charge in [0, 0.05) is 17.3 Å². The second-order valence-electron chi connectivity index (χ2n) is 5.52. The van der Waals surface area contributed by atoms with Crippen molar-refractivity contribution in [1.29, 1.82) is 0 Å². The highest BCUT2D eigenvalue weighted by molar-refractivity contribution is 6.31. The maximum absolute atomic E-state index is 14.2. The molecule has 0 saturated heterocycles. The zero-order chi connectivity index (χ0) is 17.2. The first-order chi connectivity index (χ1) is 12.2. The van der Waals surface area contributed by atoms with Gasteiger partial charge < -0.3 is 5.32 Å². The van der Waals surface area contributed by atoms with E-state index in [1.54, 1.807) is 24.4 Å².